The number of hydrogen-bond acceptors (Lipinski definition) is 2. The number of rotatable bonds is 5. The molecule has 0 amide bonds. The first-order valence-corrected chi connectivity index (χ1v) is 12.3. The van der Waals surface area contributed by atoms with Gasteiger partial charge in [-0.1, -0.05) is 74.0 Å². The summed E-state index contributed by atoms with van der Waals surface area (Å²) in [5, 5.41) is 0. The molecule has 0 bridgehead atoms. The van der Waals surface area contributed by atoms with Crippen molar-refractivity contribution in [3.05, 3.63) is 95.1 Å². The Balaban J connectivity index is 1.54. The smallest absolute Gasteiger partial charge is 0.119 e. The third-order valence-electron chi connectivity index (χ3n) is 7.14. The molecule has 2 aliphatic carbocycles. The maximum atomic E-state index is 5.94. The summed E-state index contributed by atoms with van der Waals surface area (Å²) in [7, 11) is 0. The third kappa shape index (κ3) is 3.54. The second-order valence-corrected chi connectivity index (χ2v) is 9.18. The maximum Gasteiger partial charge on any atom is 0.119 e. The van der Waals surface area contributed by atoms with Crippen LogP contribution in [0, 0.1) is 0 Å². The number of aryl methyl sites for hydroxylation is 2. The lowest BCUT2D eigenvalue weighted by molar-refractivity contribution is 0.309. The van der Waals surface area contributed by atoms with Gasteiger partial charge in [0.05, 0.1) is 18.0 Å². The van der Waals surface area contributed by atoms with Crippen molar-refractivity contribution in [1.29, 1.82) is 0 Å². The first-order valence-electron chi connectivity index (χ1n) is 12.3. The van der Waals surface area contributed by atoms with Crippen LogP contribution in [-0.2, 0) is 25.7 Å². The zero-order chi connectivity index (χ0) is 22.2. The summed E-state index contributed by atoms with van der Waals surface area (Å²) in [5.74, 6) is 0.958. The first-order chi connectivity index (χ1) is 16.3. The topological polar surface area (TPSA) is 22.1 Å². The molecule has 0 saturated carbocycles. The lowest BCUT2D eigenvalue weighted by Gasteiger charge is -2.29. The number of pyridine rings is 1. The molecule has 2 aliphatic rings. The summed E-state index contributed by atoms with van der Waals surface area (Å²) in [6.45, 7) is 2.97. The first kappa shape index (κ1) is 20.2. The van der Waals surface area contributed by atoms with E-state index in [2.05, 4.69) is 79.7 Å². The Morgan fingerprint density at radius 2 is 1.27 bits per heavy atom. The van der Waals surface area contributed by atoms with Crippen molar-refractivity contribution in [2.45, 2.75) is 45.4 Å². The van der Waals surface area contributed by atoms with E-state index in [1.165, 1.54) is 55.9 Å². The van der Waals surface area contributed by atoms with Crippen LogP contribution >= 0.6 is 0 Å². The zero-order valence-corrected chi connectivity index (χ0v) is 19.2. The average Bonchev–Trinajstić information content (AvgIpc) is 2.88. The Kier molecular flexibility index (Phi) is 5.22. The lowest BCUT2D eigenvalue weighted by Crippen LogP contribution is -2.14. The predicted octanol–water partition coefficient (Wildman–Crippen LogP) is 7.46. The van der Waals surface area contributed by atoms with Crippen LogP contribution < -0.4 is 4.74 Å². The molecule has 1 heterocycles. The van der Waals surface area contributed by atoms with Gasteiger partial charge in [-0.15, -0.1) is 0 Å². The van der Waals surface area contributed by atoms with E-state index in [4.69, 9.17) is 9.72 Å². The fourth-order valence-corrected chi connectivity index (χ4v) is 5.46. The van der Waals surface area contributed by atoms with E-state index in [9.17, 15) is 0 Å². The zero-order valence-electron chi connectivity index (χ0n) is 19.2. The summed E-state index contributed by atoms with van der Waals surface area (Å²) in [5.41, 5.74) is 13.3. The molecule has 3 aromatic carbocycles. The van der Waals surface area contributed by atoms with Crippen LogP contribution in [0.5, 0.6) is 5.75 Å². The SMILES string of the molecule is CCCCOc1ccc(-c2c3c(nc4c2CCc2ccccc2-4)-c2ccccc2CC3)cc1. The van der Waals surface area contributed by atoms with Crippen LogP contribution in [0.3, 0.4) is 0 Å². The van der Waals surface area contributed by atoms with E-state index < -0.39 is 0 Å². The highest BCUT2D eigenvalue weighted by atomic mass is 16.5. The van der Waals surface area contributed by atoms with Gasteiger partial charge in [0.25, 0.3) is 0 Å². The Morgan fingerprint density at radius 3 is 1.85 bits per heavy atom. The molecular formula is C31H29NO. The highest BCUT2D eigenvalue weighted by Gasteiger charge is 2.28. The molecule has 0 unspecified atom stereocenters. The van der Waals surface area contributed by atoms with Crippen LogP contribution in [0.2, 0.25) is 0 Å². The van der Waals surface area contributed by atoms with E-state index in [0.29, 0.717) is 0 Å². The molecule has 0 fully saturated rings. The van der Waals surface area contributed by atoms with Crippen LogP contribution in [-0.4, -0.2) is 11.6 Å². The average molecular weight is 432 g/mol. The number of fused-ring (bicyclic) bond motifs is 6. The highest BCUT2D eigenvalue weighted by Crippen LogP contribution is 2.45. The van der Waals surface area contributed by atoms with Crippen molar-refractivity contribution in [1.82, 2.24) is 4.98 Å². The van der Waals surface area contributed by atoms with Gasteiger partial charge in [0.2, 0.25) is 0 Å². The summed E-state index contributed by atoms with van der Waals surface area (Å²) < 4.78 is 5.94. The molecule has 0 N–H and O–H groups in total. The van der Waals surface area contributed by atoms with Gasteiger partial charge in [0.1, 0.15) is 5.75 Å². The fourth-order valence-electron chi connectivity index (χ4n) is 5.46. The van der Waals surface area contributed by atoms with Crippen molar-refractivity contribution in [2.24, 2.45) is 0 Å². The predicted molar refractivity (Wildman–Crippen MR) is 136 cm³/mol. The molecule has 0 spiro atoms. The standard InChI is InChI=1S/C31H29NO/c1-2-3-20-33-24-16-12-23(13-17-24)29-27-18-14-21-8-4-6-10-25(21)30(27)32-31-26-11-7-5-9-22(26)15-19-28(29)31/h4-13,16-17H,2-3,14-15,18-20H2,1H3. The monoisotopic (exact) mass is 431 g/mol. The summed E-state index contributed by atoms with van der Waals surface area (Å²) in [6.07, 6.45) is 6.47. The minimum Gasteiger partial charge on any atom is -0.494 e. The van der Waals surface area contributed by atoms with Gasteiger partial charge in [0, 0.05) is 11.1 Å². The molecule has 0 aliphatic heterocycles. The van der Waals surface area contributed by atoms with E-state index in [1.807, 2.05) is 0 Å². The number of nitrogens with zero attached hydrogens (tertiary/aromatic N) is 1. The molecule has 2 nitrogen and oxygen atoms in total. The fraction of sp³-hybridized carbons (Fsp3) is 0.258. The van der Waals surface area contributed by atoms with Crippen molar-refractivity contribution in [3.8, 4) is 39.4 Å². The molecule has 6 rings (SSSR count). The van der Waals surface area contributed by atoms with Gasteiger partial charge in [-0.3, -0.25) is 0 Å². The van der Waals surface area contributed by atoms with Gasteiger partial charge in [0.15, 0.2) is 0 Å². The van der Waals surface area contributed by atoms with Crippen LogP contribution in [0.4, 0.5) is 0 Å². The van der Waals surface area contributed by atoms with E-state index >= 15 is 0 Å². The number of ether oxygens (including phenoxy) is 1. The molecule has 2 heteroatoms. The van der Waals surface area contributed by atoms with Crippen molar-refractivity contribution < 1.29 is 4.74 Å². The van der Waals surface area contributed by atoms with Crippen LogP contribution in [0.1, 0.15) is 42.0 Å². The Morgan fingerprint density at radius 1 is 0.697 bits per heavy atom. The van der Waals surface area contributed by atoms with E-state index in [-0.39, 0.29) is 0 Å². The maximum absolute atomic E-state index is 5.94. The highest BCUT2D eigenvalue weighted by molar-refractivity contribution is 5.88. The molecule has 33 heavy (non-hydrogen) atoms. The molecule has 0 saturated heterocycles. The number of hydrogen-bond donors (Lipinski definition) is 0. The molecule has 164 valence electrons. The summed E-state index contributed by atoms with van der Waals surface area (Å²) in [6, 6.07) is 26.4. The Labute approximate surface area is 196 Å². The largest absolute Gasteiger partial charge is 0.494 e. The van der Waals surface area contributed by atoms with Crippen molar-refractivity contribution >= 4 is 0 Å². The second kappa shape index (κ2) is 8.51. The van der Waals surface area contributed by atoms with Gasteiger partial charge < -0.3 is 4.74 Å². The Bertz CT molecular complexity index is 1250. The molecule has 4 aromatic rings. The summed E-state index contributed by atoms with van der Waals surface area (Å²) >= 11 is 0. The number of aromatic nitrogens is 1. The van der Waals surface area contributed by atoms with Gasteiger partial charge in [-0.2, -0.15) is 0 Å². The van der Waals surface area contributed by atoms with Crippen molar-refractivity contribution in [2.75, 3.05) is 6.61 Å². The Hall–Kier alpha value is -3.39. The molecule has 1 aromatic heterocycles. The minimum absolute atomic E-state index is 0.781. The van der Waals surface area contributed by atoms with Crippen LogP contribution in [0.15, 0.2) is 72.8 Å². The normalized spacial score (nSPS) is 13.5. The van der Waals surface area contributed by atoms with Gasteiger partial charge in [-0.05, 0) is 77.6 Å². The van der Waals surface area contributed by atoms with Gasteiger partial charge >= 0.3 is 0 Å². The number of unbranched alkanes of at least 4 members (excludes halogenated alkanes) is 1. The lowest BCUT2D eigenvalue weighted by atomic mass is 9.78. The minimum atomic E-state index is 0.781. The molecule has 0 atom stereocenters. The van der Waals surface area contributed by atoms with Crippen molar-refractivity contribution in [3.63, 3.8) is 0 Å². The molecular weight excluding hydrogens is 402 g/mol. The quantitative estimate of drug-likeness (QED) is 0.306. The summed E-state index contributed by atoms with van der Waals surface area (Å²) in [4.78, 5) is 5.37. The van der Waals surface area contributed by atoms with E-state index in [1.54, 1.807) is 0 Å². The van der Waals surface area contributed by atoms with E-state index in [0.717, 1.165) is 50.9 Å². The number of benzene rings is 3. The van der Waals surface area contributed by atoms with Crippen LogP contribution in [0.25, 0.3) is 33.6 Å². The third-order valence-corrected chi connectivity index (χ3v) is 7.14. The molecule has 0 radical (unpaired) electrons. The second-order valence-electron chi connectivity index (χ2n) is 9.18. The van der Waals surface area contributed by atoms with Gasteiger partial charge in [-0.25, -0.2) is 4.98 Å².